The molecule has 0 aliphatic rings. The SMILES string of the molecule is CC(C)(C)OC(=O)C(OC=O)c1ccc([N+](=O)[O-])cc1. The number of esters is 1. The van der Waals surface area contributed by atoms with E-state index in [-0.39, 0.29) is 12.2 Å². The van der Waals surface area contributed by atoms with E-state index in [0.717, 1.165) is 0 Å². The summed E-state index contributed by atoms with van der Waals surface area (Å²) in [4.78, 5) is 32.4. The molecule has 1 aromatic rings. The van der Waals surface area contributed by atoms with Crippen LogP contribution in [0.15, 0.2) is 24.3 Å². The van der Waals surface area contributed by atoms with Crippen molar-refractivity contribution in [3.8, 4) is 0 Å². The van der Waals surface area contributed by atoms with Crippen molar-refractivity contribution in [3.05, 3.63) is 39.9 Å². The Kier molecular flexibility index (Phi) is 4.79. The van der Waals surface area contributed by atoms with E-state index in [1.807, 2.05) is 0 Å². The van der Waals surface area contributed by atoms with Crippen molar-refractivity contribution < 1.29 is 24.0 Å². The molecule has 1 atom stereocenters. The normalized spacial score (nSPS) is 12.3. The molecule has 0 spiro atoms. The van der Waals surface area contributed by atoms with Gasteiger partial charge in [-0.05, 0) is 32.9 Å². The topological polar surface area (TPSA) is 95.7 Å². The monoisotopic (exact) mass is 281 g/mol. The Morgan fingerprint density at radius 3 is 2.25 bits per heavy atom. The maximum atomic E-state index is 11.9. The summed E-state index contributed by atoms with van der Waals surface area (Å²) < 4.78 is 9.84. The number of benzene rings is 1. The molecule has 108 valence electrons. The second kappa shape index (κ2) is 6.14. The Morgan fingerprint density at radius 2 is 1.85 bits per heavy atom. The van der Waals surface area contributed by atoms with Crippen LogP contribution in [0.2, 0.25) is 0 Å². The van der Waals surface area contributed by atoms with Crippen molar-refractivity contribution in [2.24, 2.45) is 0 Å². The smallest absolute Gasteiger partial charge is 0.352 e. The van der Waals surface area contributed by atoms with Gasteiger partial charge in [0.1, 0.15) is 5.60 Å². The van der Waals surface area contributed by atoms with Crippen LogP contribution in [-0.2, 0) is 19.1 Å². The molecule has 0 heterocycles. The highest BCUT2D eigenvalue weighted by Crippen LogP contribution is 2.23. The van der Waals surface area contributed by atoms with E-state index in [1.165, 1.54) is 24.3 Å². The van der Waals surface area contributed by atoms with E-state index in [2.05, 4.69) is 0 Å². The first kappa shape index (κ1) is 15.6. The predicted molar refractivity (Wildman–Crippen MR) is 68.8 cm³/mol. The number of rotatable bonds is 5. The number of ether oxygens (including phenoxy) is 2. The average molecular weight is 281 g/mol. The first-order valence-corrected chi connectivity index (χ1v) is 5.81. The Hall–Kier alpha value is -2.44. The van der Waals surface area contributed by atoms with Gasteiger partial charge in [0, 0.05) is 17.7 Å². The molecule has 0 amide bonds. The molecule has 7 heteroatoms. The lowest BCUT2D eigenvalue weighted by atomic mass is 10.1. The molecule has 0 aromatic heterocycles. The van der Waals surface area contributed by atoms with Gasteiger partial charge in [0.05, 0.1) is 4.92 Å². The molecule has 20 heavy (non-hydrogen) atoms. The summed E-state index contributed by atoms with van der Waals surface area (Å²) in [7, 11) is 0. The van der Waals surface area contributed by atoms with Crippen LogP contribution in [0.4, 0.5) is 5.69 Å². The number of nitro benzene ring substituents is 1. The molecule has 0 fully saturated rings. The first-order valence-electron chi connectivity index (χ1n) is 5.81. The van der Waals surface area contributed by atoms with E-state index in [1.54, 1.807) is 20.8 Å². The minimum Gasteiger partial charge on any atom is -0.457 e. The fraction of sp³-hybridized carbons (Fsp3) is 0.385. The highest BCUT2D eigenvalue weighted by molar-refractivity contribution is 5.78. The maximum Gasteiger partial charge on any atom is 0.352 e. The van der Waals surface area contributed by atoms with Gasteiger partial charge in [0.25, 0.3) is 12.2 Å². The Labute approximate surface area is 115 Å². The third kappa shape index (κ3) is 4.34. The van der Waals surface area contributed by atoms with Gasteiger partial charge < -0.3 is 9.47 Å². The molecule has 1 rings (SSSR count). The molecule has 7 nitrogen and oxygen atoms in total. The third-order valence-corrected chi connectivity index (χ3v) is 2.22. The number of carbonyl (C=O) groups is 2. The van der Waals surface area contributed by atoms with Crippen LogP contribution in [0.1, 0.15) is 32.4 Å². The summed E-state index contributed by atoms with van der Waals surface area (Å²) in [5.41, 5.74) is -0.553. The van der Waals surface area contributed by atoms with Crippen LogP contribution in [-0.4, -0.2) is 23.0 Å². The van der Waals surface area contributed by atoms with Crippen LogP contribution < -0.4 is 0 Å². The fourth-order valence-electron chi connectivity index (χ4n) is 1.45. The van der Waals surface area contributed by atoms with E-state index < -0.39 is 22.6 Å². The van der Waals surface area contributed by atoms with Crippen LogP contribution in [0.25, 0.3) is 0 Å². The zero-order valence-corrected chi connectivity index (χ0v) is 11.4. The van der Waals surface area contributed by atoms with Gasteiger partial charge in [-0.3, -0.25) is 14.9 Å². The molecule has 0 N–H and O–H groups in total. The van der Waals surface area contributed by atoms with Crippen molar-refractivity contribution in [1.82, 2.24) is 0 Å². The molecule has 1 unspecified atom stereocenters. The van der Waals surface area contributed by atoms with Gasteiger partial charge >= 0.3 is 5.97 Å². The summed E-state index contributed by atoms with van der Waals surface area (Å²) in [5, 5.41) is 10.6. The maximum absolute atomic E-state index is 11.9. The van der Waals surface area contributed by atoms with Crippen LogP contribution in [0, 0.1) is 10.1 Å². The van der Waals surface area contributed by atoms with Crippen molar-refractivity contribution in [2.45, 2.75) is 32.5 Å². The van der Waals surface area contributed by atoms with Crippen molar-refractivity contribution >= 4 is 18.1 Å². The number of nitrogens with zero attached hydrogens (tertiary/aromatic N) is 1. The molecule has 0 aliphatic carbocycles. The fourth-order valence-corrected chi connectivity index (χ4v) is 1.45. The van der Waals surface area contributed by atoms with Gasteiger partial charge in [-0.25, -0.2) is 4.79 Å². The number of hydrogen-bond acceptors (Lipinski definition) is 6. The van der Waals surface area contributed by atoms with E-state index >= 15 is 0 Å². The molecule has 1 aromatic carbocycles. The standard InChI is InChI=1S/C13H15NO6/c1-13(2,3)20-12(16)11(19-8-15)9-4-6-10(7-5-9)14(17)18/h4-8,11H,1-3H3. The van der Waals surface area contributed by atoms with Crippen molar-refractivity contribution in [1.29, 1.82) is 0 Å². The van der Waals surface area contributed by atoms with Crippen molar-refractivity contribution in [3.63, 3.8) is 0 Å². The summed E-state index contributed by atoms with van der Waals surface area (Å²) in [6.07, 6.45) is -1.24. The molecule has 0 radical (unpaired) electrons. The second-order valence-corrected chi connectivity index (χ2v) is 4.99. The van der Waals surface area contributed by atoms with Gasteiger partial charge in [-0.2, -0.15) is 0 Å². The largest absolute Gasteiger partial charge is 0.457 e. The van der Waals surface area contributed by atoms with Crippen LogP contribution in [0.3, 0.4) is 0 Å². The van der Waals surface area contributed by atoms with Gasteiger partial charge in [-0.15, -0.1) is 0 Å². The molecular formula is C13H15NO6. The van der Waals surface area contributed by atoms with Gasteiger partial charge in [0.15, 0.2) is 0 Å². The van der Waals surface area contributed by atoms with Crippen molar-refractivity contribution in [2.75, 3.05) is 0 Å². The Morgan fingerprint density at radius 1 is 1.30 bits per heavy atom. The quantitative estimate of drug-likeness (QED) is 0.355. The number of hydrogen-bond donors (Lipinski definition) is 0. The molecular weight excluding hydrogens is 266 g/mol. The lowest BCUT2D eigenvalue weighted by Crippen LogP contribution is -2.28. The lowest BCUT2D eigenvalue weighted by molar-refractivity contribution is -0.384. The number of non-ortho nitro benzene ring substituents is 1. The zero-order valence-electron chi connectivity index (χ0n) is 11.4. The average Bonchev–Trinajstić information content (AvgIpc) is 2.34. The second-order valence-electron chi connectivity index (χ2n) is 4.99. The summed E-state index contributed by atoms with van der Waals surface area (Å²) in [6, 6.07) is 5.13. The number of nitro groups is 1. The van der Waals surface area contributed by atoms with E-state index in [4.69, 9.17) is 9.47 Å². The highest BCUT2D eigenvalue weighted by atomic mass is 16.6. The van der Waals surface area contributed by atoms with E-state index in [0.29, 0.717) is 5.56 Å². The zero-order chi connectivity index (χ0) is 15.3. The van der Waals surface area contributed by atoms with Gasteiger partial charge in [0.2, 0.25) is 6.10 Å². The summed E-state index contributed by atoms with van der Waals surface area (Å²) in [6.45, 7) is 5.17. The molecule has 0 aliphatic heterocycles. The molecule has 0 bridgehead atoms. The third-order valence-electron chi connectivity index (χ3n) is 2.22. The predicted octanol–water partition coefficient (Wildman–Crippen LogP) is 2.15. The van der Waals surface area contributed by atoms with Crippen LogP contribution in [0.5, 0.6) is 0 Å². The minimum absolute atomic E-state index is 0.122. The first-order chi connectivity index (χ1) is 9.24. The van der Waals surface area contributed by atoms with Gasteiger partial charge in [-0.1, -0.05) is 0 Å². The highest BCUT2D eigenvalue weighted by Gasteiger charge is 2.28. The lowest BCUT2D eigenvalue weighted by Gasteiger charge is -2.23. The Bertz CT molecular complexity index is 503. The van der Waals surface area contributed by atoms with Crippen LogP contribution >= 0.6 is 0 Å². The van der Waals surface area contributed by atoms with E-state index in [9.17, 15) is 19.7 Å². The summed E-state index contributed by atoms with van der Waals surface area (Å²) in [5.74, 6) is -0.738. The molecule has 0 saturated heterocycles. The molecule has 0 saturated carbocycles. The number of carbonyl (C=O) groups excluding carboxylic acids is 2. The summed E-state index contributed by atoms with van der Waals surface area (Å²) >= 11 is 0. The Balaban J connectivity index is 2.98. The minimum atomic E-state index is -1.24.